The molecule has 1 N–H and O–H groups in total. The van der Waals surface area contributed by atoms with Gasteiger partial charge in [-0.15, -0.1) is 0 Å². The normalized spacial score (nSPS) is 37.4. The predicted octanol–water partition coefficient (Wildman–Crippen LogP) is 2.35. The molecule has 7 heteroatoms. The fourth-order valence-corrected chi connectivity index (χ4v) is 5.18. The van der Waals surface area contributed by atoms with Gasteiger partial charge in [0.2, 0.25) is 0 Å². The number of aliphatic hydroxyl groups excluding tert-OH is 1. The standard InChI is InChI=1S/C24H44N2O5/c1-17-13-24(5,30-7)21(28)18(2)20(27)23(3,4)22(29)31-16-19(25(6)14-17)15-26-11-9-8-10-12-26/h17-19,21,28H,8-16H2,1-7H3/t17-,18+,19-,21-,24-/m1/s1. The van der Waals surface area contributed by atoms with E-state index in [9.17, 15) is 14.7 Å². The summed E-state index contributed by atoms with van der Waals surface area (Å²) in [7, 11) is 3.64. The van der Waals surface area contributed by atoms with Gasteiger partial charge in [-0.25, -0.2) is 0 Å². The van der Waals surface area contributed by atoms with Gasteiger partial charge >= 0.3 is 5.97 Å². The van der Waals surface area contributed by atoms with Crippen LogP contribution in [0.5, 0.6) is 0 Å². The minimum atomic E-state index is -1.33. The van der Waals surface area contributed by atoms with E-state index in [0.29, 0.717) is 6.42 Å². The van der Waals surface area contributed by atoms with Crippen molar-refractivity contribution in [2.75, 3.05) is 46.9 Å². The van der Waals surface area contributed by atoms with Gasteiger partial charge in [0.15, 0.2) is 5.78 Å². The maximum atomic E-state index is 13.2. The Kier molecular flexibility index (Phi) is 9.08. The number of carbonyl (C=O) groups is 2. The highest BCUT2D eigenvalue weighted by Gasteiger charge is 2.47. The number of ketones is 1. The van der Waals surface area contributed by atoms with Crippen LogP contribution in [0.15, 0.2) is 0 Å². The zero-order chi connectivity index (χ0) is 23.4. The first-order valence-corrected chi connectivity index (χ1v) is 11.8. The third kappa shape index (κ3) is 6.28. The number of likely N-dealkylation sites (tertiary alicyclic amines) is 1. The first-order chi connectivity index (χ1) is 14.4. The van der Waals surface area contributed by atoms with Gasteiger partial charge in [0.05, 0.1) is 17.7 Å². The SMILES string of the molecule is CO[C@]1(C)C[C@@H](C)CN(C)[C@H](CN2CCCCC2)COC(=O)C(C)(C)C(=O)[C@H](C)[C@H]1O. The van der Waals surface area contributed by atoms with Crippen molar-refractivity contribution in [1.29, 1.82) is 0 Å². The summed E-state index contributed by atoms with van der Waals surface area (Å²) in [6.07, 6.45) is 3.27. The van der Waals surface area contributed by atoms with Crippen LogP contribution in [0.4, 0.5) is 0 Å². The van der Waals surface area contributed by atoms with Gasteiger partial charge in [0, 0.05) is 26.1 Å². The van der Waals surface area contributed by atoms with E-state index in [0.717, 1.165) is 26.2 Å². The molecule has 0 aromatic rings. The molecular formula is C24H44N2O5. The molecule has 2 aliphatic rings. The number of piperidine rings is 1. The molecule has 2 heterocycles. The molecule has 0 amide bonds. The van der Waals surface area contributed by atoms with Crippen molar-refractivity contribution in [2.45, 2.75) is 78.0 Å². The number of rotatable bonds is 3. The number of likely N-dealkylation sites (N-methyl/N-ethyl adjacent to an activating group) is 1. The highest BCUT2D eigenvalue weighted by molar-refractivity contribution is 6.04. The number of carbonyl (C=O) groups excluding carboxylic acids is 2. The molecule has 0 bridgehead atoms. The molecule has 2 aliphatic heterocycles. The number of ether oxygens (including phenoxy) is 2. The Morgan fingerprint density at radius 3 is 2.32 bits per heavy atom. The van der Waals surface area contributed by atoms with Gasteiger partial charge in [-0.3, -0.25) is 14.5 Å². The fourth-order valence-electron chi connectivity index (χ4n) is 5.18. The van der Waals surface area contributed by atoms with Crippen molar-refractivity contribution in [3.63, 3.8) is 0 Å². The molecule has 7 nitrogen and oxygen atoms in total. The van der Waals surface area contributed by atoms with Gasteiger partial charge in [-0.2, -0.15) is 0 Å². The van der Waals surface area contributed by atoms with Crippen LogP contribution in [-0.4, -0.2) is 91.3 Å². The van der Waals surface area contributed by atoms with E-state index in [2.05, 4.69) is 23.8 Å². The number of aliphatic hydroxyl groups is 1. The van der Waals surface area contributed by atoms with Crippen molar-refractivity contribution < 1.29 is 24.2 Å². The van der Waals surface area contributed by atoms with Crippen molar-refractivity contribution in [2.24, 2.45) is 17.3 Å². The second kappa shape index (κ2) is 10.7. The van der Waals surface area contributed by atoms with Crippen LogP contribution in [0, 0.1) is 17.3 Å². The van der Waals surface area contributed by atoms with Crippen molar-refractivity contribution in [3.8, 4) is 0 Å². The monoisotopic (exact) mass is 440 g/mol. The zero-order valence-corrected chi connectivity index (χ0v) is 20.6. The molecule has 0 spiro atoms. The second-order valence-electron chi connectivity index (χ2n) is 10.6. The van der Waals surface area contributed by atoms with Crippen LogP contribution in [0.25, 0.3) is 0 Å². The van der Waals surface area contributed by atoms with E-state index in [4.69, 9.17) is 9.47 Å². The lowest BCUT2D eigenvalue weighted by molar-refractivity contribution is -0.165. The summed E-state index contributed by atoms with van der Waals surface area (Å²) in [4.78, 5) is 30.9. The van der Waals surface area contributed by atoms with E-state index in [1.54, 1.807) is 27.9 Å². The van der Waals surface area contributed by atoms with Crippen LogP contribution >= 0.6 is 0 Å². The zero-order valence-electron chi connectivity index (χ0n) is 20.6. The first kappa shape index (κ1) is 26.2. The Morgan fingerprint density at radius 1 is 1.13 bits per heavy atom. The minimum Gasteiger partial charge on any atom is -0.463 e. The number of Topliss-reactive ketones (excluding diaryl/α,β-unsaturated/α-hetero) is 1. The first-order valence-electron chi connectivity index (χ1n) is 11.8. The van der Waals surface area contributed by atoms with Crippen molar-refractivity contribution in [3.05, 3.63) is 0 Å². The topological polar surface area (TPSA) is 79.3 Å². The predicted molar refractivity (Wildman–Crippen MR) is 121 cm³/mol. The molecule has 2 fully saturated rings. The summed E-state index contributed by atoms with van der Waals surface area (Å²) in [5.74, 6) is -1.37. The fraction of sp³-hybridized carbons (Fsp3) is 0.917. The molecule has 0 aromatic carbocycles. The van der Waals surface area contributed by atoms with Crippen LogP contribution in [0.1, 0.15) is 60.3 Å². The Morgan fingerprint density at radius 2 is 1.74 bits per heavy atom. The molecule has 0 radical (unpaired) electrons. The third-order valence-corrected chi connectivity index (χ3v) is 7.41. The van der Waals surface area contributed by atoms with Crippen LogP contribution < -0.4 is 0 Å². The molecule has 31 heavy (non-hydrogen) atoms. The summed E-state index contributed by atoms with van der Waals surface area (Å²) >= 11 is 0. The lowest BCUT2D eigenvalue weighted by atomic mass is 9.74. The Bertz CT molecular complexity index is 619. The maximum absolute atomic E-state index is 13.2. The molecule has 2 rings (SSSR count). The van der Waals surface area contributed by atoms with E-state index < -0.39 is 29.0 Å². The van der Waals surface area contributed by atoms with Crippen LogP contribution in [0.2, 0.25) is 0 Å². The molecule has 0 aliphatic carbocycles. The Hall–Kier alpha value is -1.02. The van der Waals surface area contributed by atoms with Gasteiger partial charge in [0.1, 0.15) is 12.0 Å². The largest absolute Gasteiger partial charge is 0.463 e. The molecule has 0 unspecified atom stereocenters. The molecule has 2 saturated heterocycles. The minimum absolute atomic E-state index is 0.0484. The molecule has 0 aromatic heterocycles. The number of nitrogens with zero attached hydrogens (tertiary/aromatic N) is 2. The average molecular weight is 441 g/mol. The summed E-state index contributed by atoms with van der Waals surface area (Å²) in [5, 5.41) is 11.1. The number of esters is 1. The van der Waals surface area contributed by atoms with Crippen molar-refractivity contribution in [1.82, 2.24) is 9.80 Å². The summed E-state index contributed by atoms with van der Waals surface area (Å²) in [6.45, 7) is 12.9. The smallest absolute Gasteiger partial charge is 0.319 e. The third-order valence-electron chi connectivity index (χ3n) is 7.41. The van der Waals surface area contributed by atoms with E-state index in [-0.39, 0.29) is 24.3 Å². The molecule has 180 valence electrons. The van der Waals surface area contributed by atoms with Gasteiger partial charge in [0.25, 0.3) is 0 Å². The van der Waals surface area contributed by atoms with Gasteiger partial charge in [-0.05, 0) is 66.1 Å². The average Bonchev–Trinajstić information content (AvgIpc) is 2.74. The number of hydrogen-bond donors (Lipinski definition) is 1. The highest BCUT2D eigenvalue weighted by Crippen LogP contribution is 2.34. The van der Waals surface area contributed by atoms with E-state index in [1.165, 1.54) is 19.3 Å². The summed E-state index contributed by atoms with van der Waals surface area (Å²) < 4.78 is 11.5. The highest BCUT2D eigenvalue weighted by atomic mass is 16.5. The molecular weight excluding hydrogens is 396 g/mol. The van der Waals surface area contributed by atoms with Crippen molar-refractivity contribution >= 4 is 11.8 Å². The van der Waals surface area contributed by atoms with E-state index >= 15 is 0 Å². The van der Waals surface area contributed by atoms with E-state index in [1.807, 2.05) is 6.92 Å². The lowest BCUT2D eigenvalue weighted by Gasteiger charge is -2.40. The van der Waals surface area contributed by atoms with Gasteiger partial charge in [-0.1, -0.05) is 20.3 Å². The Labute approximate surface area is 188 Å². The molecule has 0 saturated carbocycles. The maximum Gasteiger partial charge on any atom is 0.319 e. The number of cyclic esters (lactones) is 1. The second-order valence-corrected chi connectivity index (χ2v) is 10.6. The number of hydrogen-bond acceptors (Lipinski definition) is 7. The quantitative estimate of drug-likeness (QED) is 0.533. The number of methoxy groups -OCH3 is 1. The Balaban J connectivity index is 2.31. The van der Waals surface area contributed by atoms with Crippen LogP contribution in [0.3, 0.4) is 0 Å². The lowest BCUT2D eigenvalue weighted by Crippen LogP contribution is -2.51. The molecule has 5 atom stereocenters. The summed E-state index contributed by atoms with van der Waals surface area (Å²) in [5.41, 5.74) is -2.21. The van der Waals surface area contributed by atoms with Crippen LogP contribution in [-0.2, 0) is 19.1 Å². The summed E-state index contributed by atoms with van der Waals surface area (Å²) in [6, 6.07) is 0.0484. The van der Waals surface area contributed by atoms with Gasteiger partial charge < -0.3 is 19.5 Å².